The molecule has 0 amide bonds. The Labute approximate surface area is 118 Å². The van der Waals surface area contributed by atoms with E-state index in [1.54, 1.807) is 0 Å². The van der Waals surface area contributed by atoms with E-state index in [0.717, 1.165) is 34.7 Å². The molecule has 0 radical (unpaired) electrons. The first kappa shape index (κ1) is 12.6. The zero-order valence-electron chi connectivity index (χ0n) is 11.1. The molecule has 2 aromatic rings. The Bertz CT molecular complexity index is 608. The van der Waals surface area contributed by atoms with Crippen molar-refractivity contribution in [3.8, 4) is 11.3 Å². The summed E-state index contributed by atoms with van der Waals surface area (Å²) in [4.78, 5) is 0. The molecule has 0 fully saturated rings. The highest BCUT2D eigenvalue weighted by molar-refractivity contribution is 6.30. The minimum atomic E-state index is 0.768. The van der Waals surface area contributed by atoms with Crippen LogP contribution in [0, 0.1) is 6.92 Å². The zero-order chi connectivity index (χ0) is 13.2. The van der Waals surface area contributed by atoms with E-state index < -0.39 is 0 Å². The standard InChI is InChI=1S/C16H17ClN2/c1-11-9-13(17)7-8-14(11)16-10-12-5-3-2-4-6-15(12)18-19-16/h7-10H,2-6H2,1H3. The number of halogens is 1. The molecule has 1 aromatic heterocycles. The van der Waals surface area contributed by atoms with E-state index in [2.05, 4.69) is 23.2 Å². The molecule has 98 valence electrons. The first-order chi connectivity index (χ1) is 9.24. The number of aryl methyl sites for hydroxylation is 3. The van der Waals surface area contributed by atoms with Gasteiger partial charge in [0.05, 0.1) is 11.4 Å². The van der Waals surface area contributed by atoms with E-state index in [9.17, 15) is 0 Å². The molecule has 1 aliphatic carbocycles. The van der Waals surface area contributed by atoms with Gasteiger partial charge in [-0.25, -0.2) is 0 Å². The minimum Gasteiger partial charge on any atom is -0.155 e. The summed E-state index contributed by atoms with van der Waals surface area (Å²) >= 11 is 6.01. The lowest BCUT2D eigenvalue weighted by atomic mass is 10.0. The van der Waals surface area contributed by atoms with Crippen molar-refractivity contribution in [1.29, 1.82) is 0 Å². The Kier molecular flexibility index (Phi) is 3.52. The third kappa shape index (κ3) is 2.64. The highest BCUT2D eigenvalue weighted by atomic mass is 35.5. The molecule has 0 bridgehead atoms. The lowest BCUT2D eigenvalue weighted by Crippen LogP contribution is -2.00. The molecule has 0 saturated heterocycles. The fourth-order valence-corrected chi connectivity index (χ4v) is 2.94. The SMILES string of the molecule is Cc1cc(Cl)ccc1-c1cc2c(nn1)CCCCC2. The minimum absolute atomic E-state index is 0.768. The van der Waals surface area contributed by atoms with Gasteiger partial charge >= 0.3 is 0 Å². The maximum absolute atomic E-state index is 6.01. The second-order valence-corrected chi connectivity index (χ2v) is 5.66. The van der Waals surface area contributed by atoms with Crippen molar-refractivity contribution < 1.29 is 0 Å². The maximum Gasteiger partial charge on any atom is 0.0935 e. The van der Waals surface area contributed by atoms with E-state index in [-0.39, 0.29) is 0 Å². The second kappa shape index (κ2) is 5.30. The molecule has 1 aromatic carbocycles. The van der Waals surface area contributed by atoms with Crippen molar-refractivity contribution in [1.82, 2.24) is 10.2 Å². The molecule has 2 nitrogen and oxygen atoms in total. The van der Waals surface area contributed by atoms with E-state index in [1.165, 1.54) is 30.5 Å². The fourth-order valence-electron chi connectivity index (χ4n) is 2.71. The van der Waals surface area contributed by atoms with Crippen LogP contribution in [0.25, 0.3) is 11.3 Å². The number of aromatic nitrogens is 2. The summed E-state index contributed by atoms with van der Waals surface area (Å²) in [7, 11) is 0. The average molecular weight is 273 g/mol. The molecule has 0 saturated carbocycles. The van der Waals surface area contributed by atoms with Gasteiger partial charge in [0, 0.05) is 10.6 Å². The normalized spacial score (nSPS) is 14.8. The Hall–Kier alpha value is -1.41. The number of benzene rings is 1. The number of hydrogen-bond donors (Lipinski definition) is 0. The topological polar surface area (TPSA) is 25.8 Å². The van der Waals surface area contributed by atoms with Gasteiger partial charge < -0.3 is 0 Å². The number of nitrogens with zero attached hydrogens (tertiary/aromatic N) is 2. The Morgan fingerprint density at radius 3 is 2.68 bits per heavy atom. The lowest BCUT2D eigenvalue weighted by molar-refractivity contribution is 0.706. The molecule has 0 aliphatic heterocycles. The smallest absolute Gasteiger partial charge is 0.0935 e. The van der Waals surface area contributed by atoms with Gasteiger partial charge in [0.1, 0.15) is 0 Å². The molecule has 0 spiro atoms. The van der Waals surface area contributed by atoms with E-state index >= 15 is 0 Å². The van der Waals surface area contributed by atoms with Crippen molar-refractivity contribution in [3.63, 3.8) is 0 Å². The van der Waals surface area contributed by atoms with Gasteiger partial charge in [-0.15, -0.1) is 0 Å². The summed E-state index contributed by atoms with van der Waals surface area (Å²) in [5, 5.41) is 9.61. The van der Waals surface area contributed by atoms with Gasteiger partial charge in [0.15, 0.2) is 0 Å². The van der Waals surface area contributed by atoms with Gasteiger partial charge in [0.2, 0.25) is 0 Å². The first-order valence-electron chi connectivity index (χ1n) is 6.86. The number of hydrogen-bond acceptors (Lipinski definition) is 2. The van der Waals surface area contributed by atoms with Crippen molar-refractivity contribution in [2.45, 2.75) is 39.0 Å². The van der Waals surface area contributed by atoms with Crippen LogP contribution in [0.3, 0.4) is 0 Å². The van der Waals surface area contributed by atoms with Gasteiger partial charge in [-0.1, -0.05) is 24.1 Å². The predicted octanol–water partition coefficient (Wildman–Crippen LogP) is 4.37. The Morgan fingerprint density at radius 2 is 1.84 bits per heavy atom. The highest BCUT2D eigenvalue weighted by Gasteiger charge is 2.12. The van der Waals surface area contributed by atoms with Crippen molar-refractivity contribution in [3.05, 3.63) is 46.1 Å². The monoisotopic (exact) mass is 272 g/mol. The molecular weight excluding hydrogens is 256 g/mol. The largest absolute Gasteiger partial charge is 0.155 e. The summed E-state index contributed by atoms with van der Waals surface area (Å²) in [5.41, 5.74) is 5.80. The van der Waals surface area contributed by atoms with E-state index in [0.29, 0.717) is 0 Å². The molecule has 3 heteroatoms. The second-order valence-electron chi connectivity index (χ2n) is 5.22. The van der Waals surface area contributed by atoms with Crippen LogP contribution in [0.15, 0.2) is 24.3 Å². The Morgan fingerprint density at radius 1 is 1.00 bits per heavy atom. The highest BCUT2D eigenvalue weighted by Crippen LogP contribution is 2.27. The molecule has 3 rings (SSSR count). The fraction of sp³-hybridized carbons (Fsp3) is 0.375. The lowest BCUT2D eigenvalue weighted by Gasteiger charge is -2.09. The molecule has 0 unspecified atom stereocenters. The van der Waals surface area contributed by atoms with Crippen LogP contribution < -0.4 is 0 Å². The third-order valence-corrected chi connectivity index (χ3v) is 4.02. The van der Waals surface area contributed by atoms with Gasteiger partial charge in [-0.05, 0) is 61.9 Å². The van der Waals surface area contributed by atoms with Crippen LogP contribution in [-0.2, 0) is 12.8 Å². The third-order valence-electron chi connectivity index (χ3n) is 3.78. The quantitative estimate of drug-likeness (QED) is 0.720. The maximum atomic E-state index is 6.01. The summed E-state index contributed by atoms with van der Waals surface area (Å²) in [6, 6.07) is 8.14. The van der Waals surface area contributed by atoms with Crippen LogP contribution in [0.4, 0.5) is 0 Å². The molecule has 1 aliphatic rings. The van der Waals surface area contributed by atoms with Crippen molar-refractivity contribution in [2.75, 3.05) is 0 Å². The van der Waals surface area contributed by atoms with Crippen LogP contribution in [0.1, 0.15) is 36.1 Å². The van der Waals surface area contributed by atoms with Gasteiger partial charge in [-0.2, -0.15) is 10.2 Å². The summed E-state index contributed by atoms with van der Waals surface area (Å²) in [6.07, 6.45) is 6.00. The Balaban J connectivity index is 2.03. The molecule has 0 atom stereocenters. The molecular formula is C16H17ClN2. The van der Waals surface area contributed by atoms with E-state index in [1.807, 2.05) is 18.2 Å². The van der Waals surface area contributed by atoms with Crippen LogP contribution in [-0.4, -0.2) is 10.2 Å². The van der Waals surface area contributed by atoms with Crippen LogP contribution >= 0.6 is 11.6 Å². The molecule has 0 N–H and O–H groups in total. The van der Waals surface area contributed by atoms with Gasteiger partial charge in [0.25, 0.3) is 0 Å². The predicted molar refractivity (Wildman–Crippen MR) is 78.5 cm³/mol. The van der Waals surface area contributed by atoms with E-state index in [4.69, 9.17) is 11.6 Å². The van der Waals surface area contributed by atoms with Crippen molar-refractivity contribution in [2.24, 2.45) is 0 Å². The number of fused-ring (bicyclic) bond motifs is 1. The van der Waals surface area contributed by atoms with Crippen LogP contribution in [0.5, 0.6) is 0 Å². The average Bonchev–Trinajstić information content (AvgIpc) is 2.63. The van der Waals surface area contributed by atoms with Crippen molar-refractivity contribution >= 4 is 11.6 Å². The zero-order valence-corrected chi connectivity index (χ0v) is 11.9. The van der Waals surface area contributed by atoms with Crippen LogP contribution in [0.2, 0.25) is 5.02 Å². The summed E-state index contributed by atoms with van der Waals surface area (Å²) in [5.74, 6) is 0. The molecule has 19 heavy (non-hydrogen) atoms. The summed E-state index contributed by atoms with van der Waals surface area (Å²) in [6.45, 7) is 2.06. The summed E-state index contributed by atoms with van der Waals surface area (Å²) < 4.78 is 0. The first-order valence-corrected chi connectivity index (χ1v) is 7.24. The number of rotatable bonds is 1. The van der Waals surface area contributed by atoms with Gasteiger partial charge in [-0.3, -0.25) is 0 Å². The molecule has 1 heterocycles.